The Bertz CT molecular complexity index is 384. The summed E-state index contributed by atoms with van der Waals surface area (Å²) in [6.45, 7) is 2.99. The van der Waals surface area contributed by atoms with Crippen molar-refractivity contribution in [3.63, 3.8) is 0 Å². The maximum Gasteiger partial charge on any atom is 0.161 e. The number of rotatable bonds is 8. The van der Waals surface area contributed by atoms with Crippen LogP contribution in [0.2, 0.25) is 0 Å². The van der Waals surface area contributed by atoms with Gasteiger partial charge in [0.15, 0.2) is 11.5 Å². The van der Waals surface area contributed by atoms with Crippen LogP contribution < -0.4 is 15.2 Å². The van der Waals surface area contributed by atoms with Gasteiger partial charge in [-0.3, -0.25) is 4.21 Å². The summed E-state index contributed by atoms with van der Waals surface area (Å²) >= 11 is 0. The van der Waals surface area contributed by atoms with Gasteiger partial charge in [0.1, 0.15) is 0 Å². The van der Waals surface area contributed by atoms with Gasteiger partial charge in [0.25, 0.3) is 0 Å². The van der Waals surface area contributed by atoms with Crippen molar-refractivity contribution in [1.29, 1.82) is 0 Å². The summed E-state index contributed by atoms with van der Waals surface area (Å²) < 4.78 is 22.4. The first-order valence-electron chi connectivity index (χ1n) is 5.98. The highest BCUT2D eigenvalue weighted by atomic mass is 32.2. The molecule has 2 atom stereocenters. The summed E-state index contributed by atoms with van der Waals surface area (Å²) in [6.07, 6.45) is 0. The number of ether oxygens (including phenoxy) is 2. The third-order valence-corrected chi connectivity index (χ3v) is 4.07. The first-order valence-corrected chi connectivity index (χ1v) is 7.47. The second-order valence-electron chi connectivity index (χ2n) is 4.15. The van der Waals surface area contributed by atoms with E-state index >= 15 is 0 Å². The number of nitrogens with two attached hydrogens (primary N) is 1. The van der Waals surface area contributed by atoms with Crippen molar-refractivity contribution >= 4 is 10.8 Å². The summed E-state index contributed by atoms with van der Waals surface area (Å²) in [4.78, 5) is 0. The smallest absolute Gasteiger partial charge is 0.161 e. The highest BCUT2D eigenvalue weighted by molar-refractivity contribution is 7.85. The number of para-hydroxylation sites is 2. The van der Waals surface area contributed by atoms with Gasteiger partial charge in [0.2, 0.25) is 0 Å². The molecule has 2 unspecified atom stereocenters. The van der Waals surface area contributed by atoms with E-state index in [0.717, 1.165) is 0 Å². The van der Waals surface area contributed by atoms with Crippen LogP contribution in [0.1, 0.15) is 6.92 Å². The first kappa shape index (κ1) is 15.0. The van der Waals surface area contributed by atoms with Crippen LogP contribution in [0.5, 0.6) is 11.5 Å². The molecule has 18 heavy (non-hydrogen) atoms. The summed E-state index contributed by atoms with van der Waals surface area (Å²) in [7, 11) is 0.722. The summed E-state index contributed by atoms with van der Waals surface area (Å²) in [5, 5.41) is 0. The van der Waals surface area contributed by atoms with Crippen LogP contribution in [0, 0.1) is 5.92 Å². The van der Waals surface area contributed by atoms with Gasteiger partial charge in [0.05, 0.1) is 19.5 Å². The molecule has 0 amide bonds. The van der Waals surface area contributed by atoms with E-state index in [1.54, 1.807) is 7.11 Å². The van der Waals surface area contributed by atoms with Crippen LogP contribution in [-0.4, -0.2) is 36.0 Å². The Balaban J connectivity index is 2.35. The molecule has 0 bridgehead atoms. The Morgan fingerprint density at radius 3 is 2.61 bits per heavy atom. The largest absolute Gasteiger partial charge is 0.493 e. The van der Waals surface area contributed by atoms with Crippen molar-refractivity contribution in [1.82, 2.24) is 0 Å². The predicted molar refractivity (Wildman–Crippen MR) is 74.6 cm³/mol. The number of hydrogen-bond donors (Lipinski definition) is 1. The molecule has 2 N–H and O–H groups in total. The van der Waals surface area contributed by atoms with E-state index in [4.69, 9.17) is 15.2 Å². The number of methoxy groups -OCH3 is 1. The fraction of sp³-hybridized carbons (Fsp3) is 0.538. The van der Waals surface area contributed by atoms with Crippen molar-refractivity contribution in [2.75, 3.05) is 31.8 Å². The van der Waals surface area contributed by atoms with E-state index in [-0.39, 0.29) is 5.92 Å². The highest BCUT2D eigenvalue weighted by Gasteiger charge is 2.07. The minimum absolute atomic E-state index is 0.289. The van der Waals surface area contributed by atoms with Crippen LogP contribution in [0.25, 0.3) is 0 Å². The van der Waals surface area contributed by atoms with E-state index in [0.29, 0.717) is 36.2 Å². The topological polar surface area (TPSA) is 61.5 Å². The van der Waals surface area contributed by atoms with E-state index in [1.807, 2.05) is 31.2 Å². The van der Waals surface area contributed by atoms with Gasteiger partial charge in [-0.05, 0) is 24.6 Å². The minimum atomic E-state index is -0.878. The third-order valence-electron chi connectivity index (χ3n) is 2.51. The maximum absolute atomic E-state index is 11.7. The van der Waals surface area contributed by atoms with Crippen molar-refractivity contribution in [3.05, 3.63) is 24.3 Å². The fourth-order valence-corrected chi connectivity index (χ4v) is 2.66. The van der Waals surface area contributed by atoms with Gasteiger partial charge in [-0.25, -0.2) is 0 Å². The molecule has 5 heteroatoms. The lowest BCUT2D eigenvalue weighted by molar-refractivity contribution is 0.312. The molecular weight excluding hydrogens is 250 g/mol. The van der Waals surface area contributed by atoms with E-state index in [2.05, 4.69) is 0 Å². The first-order chi connectivity index (χ1) is 8.67. The van der Waals surface area contributed by atoms with Crippen LogP contribution in [-0.2, 0) is 10.8 Å². The van der Waals surface area contributed by atoms with E-state index in [1.165, 1.54) is 0 Å². The van der Waals surface area contributed by atoms with Crippen molar-refractivity contribution in [2.45, 2.75) is 6.92 Å². The molecule has 0 radical (unpaired) electrons. The van der Waals surface area contributed by atoms with Gasteiger partial charge < -0.3 is 15.2 Å². The molecule has 0 fully saturated rings. The van der Waals surface area contributed by atoms with Crippen molar-refractivity contribution < 1.29 is 13.7 Å². The Kier molecular flexibility index (Phi) is 6.75. The Morgan fingerprint density at radius 1 is 1.33 bits per heavy atom. The summed E-state index contributed by atoms with van der Waals surface area (Å²) in [5.41, 5.74) is 5.50. The molecule has 0 aliphatic rings. The van der Waals surface area contributed by atoms with Crippen LogP contribution >= 0.6 is 0 Å². The zero-order valence-electron chi connectivity index (χ0n) is 10.9. The number of benzene rings is 1. The molecule has 102 valence electrons. The van der Waals surface area contributed by atoms with E-state index < -0.39 is 10.8 Å². The maximum atomic E-state index is 11.7. The normalized spacial score (nSPS) is 13.9. The van der Waals surface area contributed by atoms with Crippen molar-refractivity contribution in [3.8, 4) is 11.5 Å². The van der Waals surface area contributed by atoms with Gasteiger partial charge >= 0.3 is 0 Å². The lowest BCUT2D eigenvalue weighted by Crippen LogP contribution is -2.21. The molecule has 0 heterocycles. The molecule has 1 rings (SSSR count). The van der Waals surface area contributed by atoms with E-state index in [9.17, 15) is 4.21 Å². The van der Waals surface area contributed by atoms with Crippen molar-refractivity contribution in [2.24, 2.45) is 11.7 Å². The zero-order valence-corrected chi connectivity index (χ0v) is 11.7. The lowest BCUT2D eigenvalue weighted by atomic mass is 10.2. The Hall–Kier alpha value is -1.07. The van der Waals surface area contributed by atoms with Crippen LogP contribution in [0.15, 0.2) is 24.3 Å². The summed E-state index contributed by atoms with van der Waals surface area (Å²) in [6, 6.07) is 7.44. The molecule has 0 aliphatic carbocycles. The predicted octanol–water partition coefficient (Wildman–Crippen LogP) is 1.42. The molecule has 0 saturated heterocycles. The molecule has 0 aliphatic heterocycles. The van der Waals surface area contributed by atoms with Gasteiger partial charge in [-0.15, -0.1) is 0 Å². The molecule has 0 saturated carbocycles. The lowest BCUT2D eigenvalue weighted by Gasteiger charge is -2.11. The summed E-state index contributed by atoms with van der Waals surface area (Å²) in [5.74, 6) is 2.81. The average molecular weight is 271 g/mol. The highest BCUT2D eigenvalue weighted by Crippen LogP contribution is 2.25. The molecular formula is C13H21NO3S. The van der Waals surface area contributed by atoms with Gasteiger partial charge in [-0.2, -0.15) is 0 Å². The molecule has 0 aromatic heterocycles. The zero-order chi connectivity index (χ0) is 13.4. The van der Waals surface area contributed by atoms with Crippen LogP contribution in [0.4, 0.5) is 0 Å². The van der Waals surface area contributed by atoms with Crippen LogP contribution in [0.3, 0.4) is 0 Å². The Labute approximate surface area is 111 Å². The molecule has 0 spiro atoms. The quantitative estimate of drug-likeness (QED) is 0.776. The molecule has 4 nitrogen and oxygen atoms in total. The standard InChI is InChI=1S/C13H21NO3S/c1-11(9-14)10-18(15)8-7-17-13-6-4-3-5-12(13)16-2/h3-6,11H,7-10,14H2,1-2H3. The minimum Gasteiger partial charge on any atom is -0.493 e. The Morgan fingerprint density at radius 2 is 2.00 bits per heavy atom. The monoisotopic (exact) mass is 271 g/mol. The molecule has 1 aromatic carbocycles. The fourth-order valence-electron chi connectivity index (χ4n) is 1.45. The SMILES string of the molecule is COc1ccccc1OCCS(=O)CC(C)CN. The van der Waals surface area contributed by atoms with Gasteiger partial charge in [0, 0.05) is 16.6 Å². The molecule has 1 aromatic rings. The second kappa shape index (κ2) is 8.11. The number of hydrogen-bond acceptors (Lipinski definition) is 4. The third kappa shape index (κ3) is 5.06. The average Bonchev–Trinajstić information content (AvgIpc) is 2.39. The van der Waals surface area contributed by atoms with Gasteiger partial charge in [-0.1, -0.05) is 19.1 Å². The second-order valence-corrected chi connectivity index (χ2v) is 5.77.